The summed E-state index contributed by atoms with van der Waals surface area (Å²) in [6, 6.07) is 3.73. The third kappa shape index (κ3) is 3.67. The minimum atomic E-state index is -0.571. The van der Waals surface area contributed by atoms with Crippen molar-refractivity contribution in [2.75, 3.05) is 33.9 Å². The number of aliphatic hydroxyl groups is 1. The van der Waals surface area contributed by atoms with Gasteiger partial charge in [-0.2, -0.15) is 0 Å². The van der Waals surface area contributed by atoms with E-state index in [4.69, 9.17) is 14.2 Å². The highest BCUT2D eigenvalue weighted by Crippen LogP contribution is 2.39. The maximum atomic E-state index is 10.5. The Hall–Kier alpha value is -1.30. The summed E-state index contributed by atoms with van der Waals surface area (Å²) >= 11 is 0. The lowest BCUT2D eigenvalue weighted by Gasteiger charge is -2.34. The number of rotatable bonds is 6. The highest BCUT2D eigenvalue weighted by molar-refractivity contribution is 5.51. The zero-order valence-corrected chi connectivity index (χ0v) is 13.3. The van der Waals surface area contributed by atoms with Crippen molar-refractivity contribution in [3.8, 4) is 11.5 Å². The van der Waals surface area contributed by atoms with Crippen LogP contribution in [0.4, 0.5) is 0 Å². The predicted molar refractivity (Wildman–Crippen MR) is 80.9 cm³/mol. The van der Waals surface area contributed by atoms with E-state index in [0.29, 0.717) is 13.2 Å². The summed E-state index contributed by atoms with van der Waals surface area (Å²) in [5, 5.41) is 10.5. The molecule has 1 aliphatic heterocycles. The van der Waals surface area contributed by atoms with Crippen LogP contribution in [0.1, 0.15) is 31.1 Å². The Morgan fingerprint density at radius 2 is 1.90 bits per heavy atom. The molecule has 2 rings (SSSR count). The van der Waals surface area contributed by atoms with Gasteiger partial charge in [-0.1, -0.05) is 0 Å². The molecule has 5 nitrogen and oxygen atoms in total. The van der Waals surface area contributed by atoms with Crippen LogP contribution < -0.4 is 9.47 Å². The maximum absolute atomic E-state index is 10.5. The Bertz CT molecular complexity index is 476. The lowest BCUT2D eigenvalue weighted by Crippen LogP contribution is -2.36. The van der Waals surface area contributed by atoms with E-state index in [1.54, 1.807) is 14.2 Å². The van der Waals surface area contributed by atoms with Gasteiger partial charge in [0.2, 0.25) is 0 Å². The molecule has 0 saturated heterocycles. The quantitative estimate of drug-likeness (QED) is 0.869. The predicted octanol–water partition coefficient (Wildman–Crippen LogP) is 1.98. The largest absolute Gasteiger partial charge is 0.496 e. The molecule has 0 spiro atoms. The average Bonchev–Trinajstić information content (AvgIpc) is 2.45. The van der Waals surface area contributed by atoms with Crippen LogP contribution in [0.3, 0.4) is 0 Å². The Morgan fingerprint density at radius 1 is 1.24 bits per heavy atom. The van der Waals surface area contributed by atoms with Crippen LogP contribution >= 0.6 is 0 Å². The van der Waals surface area contributed by atoms with E-state index in [1.807, 2.05) is 26.0 Å². The molecule has 118 valence electrons. The minimum Gasteiger partial charge on any atom is -0.496 e. The zero-order valence-electron chi connectivity index (χ0n) is 13.3. The van der Waals surface area contributed by atoms with Crippen molar-refractivity contribution >= 4 is 0 Å². The number of nitrogens with zero attached hydrogens (tertiary/aromatic N) is 1. The Labute approximate surface area is 126 Å². The highest BCUT2D eigenvalue weighted by atomic mass is 16.5. The summed E-state index contributed by atoms with van der Waals surface area (Å²) in [7, 11) is 3.27. The van der Waals surface area contributed by atoms with Gasteiger partial charge in [0.25, 0.3) is 0 Å². The highest BCUT2D eigenvalue weighted by Gasteiger charge is 2.29. The van der Waals surface area contributed by atoms with E-state index in [9.17, 15) is 5.11 Å². The smallest absolute Gasteiger partial charge is 0.125 e. The second kappa shape index (κ2) is 7.11. The fourth-order valence-corrected chi connectivity index (χ4v) is 2.73. The summed E-state index contributed by atoms with van der Waals surface area (Å²) in [6.45, 7) is 6.80. The molecule has 1 aromatic rings. The molecule has 1 N–H and O–H groups in total. The van der Waals surface area contributed by atoms with E-state index in [-0.39, 0.29) is 6.10 Å². The van der Waals surface area contributed by atoms with Gasteiger partial charge < -0.3 is 19.3 Å². The lowest BCUT2D eigenvalue weighted by atomic mass is 9.95. The van der Waals surface area contributed by atoms with Gasteiger partial charge in [0.05, 0.1) is 33.0 Å². The Balaban J connectivity index is 2.17. The summed E-state index contributed by atoms with van der Waals surface area (Å²) in [5.41, 5.74) is 1.85. The maximum Gasteiger partial charge on any atom is 0.125 e. The standard InChI is InChI=1S/C16H25NO4/c1-11(2)21-8-7-17-9-12-14(19-3)5-6-15(20-4)16(12)13(18)10-17/h5-6,11,13,18H,7-10H2,1-4H3/t13-/m0/s1. The van der Waals surface area contributed by atoms with Gasteiger partial charge in [0.15, 0.2) is 0 Å². The molecule has 1 atom stereocenters. The summed E-state index contributed by atoms with van der Waals surface area (Å²) in [6.07, 6.45) is -0.348. The van der Waals surface area contributed by atoms with Crippen molar-refractivity contribution < 1.29 is 19.3 Å². The fraction of sp³-hybridized carbons (Fsp3) is 0.625. The molecule has 21 heavy (non-hydrogen) atoms. The van der Waals surface area contributed by atoms with Gasteiger partial charge in [-0.15, -0.1) is 0 Å². The molecular weight excluding hydrogens is 270 g/mol. The number of hydrogen-bond donors (Lipinski definition) is 1. The molecule has 0 saturated carbocycles. The Kier molecular flexibility index (Phi) is 5.45. The van der Waals surface area contributed by atoms with E-state index < -0.39 is 6.10 Å². The summed E-state index contributed by atoms with van der Waals surface area (Å²) in [4.78, 5) is 2.18. The van der Waals surface area contributed by atoms with Crippen molar-refractivity contribution in [3.05, 3.63) is 23.3 Å². The number of methoxy groups -OCH3 is 2. The molecule has 0 bridgehead atoms. The molecule has 0 amide bonds. The lowest BCUT2D eigenvalue weighted by molar-refractivity contribution is 0.0343. The van der Waals surface area contributed by atoms with Crippen LogP contribution in [0.15, 0.2) is 12.1 Å². The van der Waals surface area contributed by atoms with Crippen LogP contribution in [0.25, 0.3) is 0 Å². The molecule has 5 heteroatoms. The first-order valence-corrected chi connectivity index (χ1v) is 7.32. The molecule has 0 aromatic heterocycles. The van der Waals surface area contributed by atoms with Crippen molar-refractivity contribution in [2.45, 2.75) is 32.6 Å². The SMILES string of the molecule is COc1ccc(OC)c2c1CN(CCOC(C)C)C[C@@H]2O. The van der Waals surface area contributed by atoms with E-state index >= 15 is 0 Å². The van der Waals surface area contributed by atoms with E-state index in [1.165, 1.54) is 0 Å². The van der Waals surface area contributed by atoms with Crippen molar-refractivity contribution in [1.82, 2.24) is 4.90 Å². The second-order valence-corrected chi connectivity index (χ2v) is 5.53. The number of hydrogen-bond acceptors (Lipinski definition) is 5. The van der Waals surface area contributed by atoms with Gasteiger partial charge >= 0.3 is 0 Å². The van der Waals surface area contributed by atoms with E-state index in [0.717, 1.165) is 35.7 Å². The van der Waals surface area contributed by atoms with Gasteiger partial charge in [-0.3, -0.25) is 4.90 Å². The second-order valence-electron chi connectivity index (χ2n) is 5.53. The Morgan fingerprint density at radius 3 is 2.52 bits per heavy atom. The molecule has 0 radical (unpaired) electrons. The normalized spacial score (nSPS) is 18.7. The first-order valence-electron chi connectivity index (χ1n) is 7.32. The van der Waals surface area contributed by atoms with Gasteiger partial charge in [-0.05, 0) is 26.0 Å². The number of aliphatic hydroxyl groups excluding tert-OH is 1. The van der Waals surface area contributed by atoms with Crippen molar-refractivity contribution in [3.63, 3.8) is 0 Å². The average molecular weight is 295 g/mol. The first-order chi connectivity index (χ1) is 10.1. The zero-order chi connectivity index (χ0) is 15.4. The van der Waals surface area contributed by atoms with Gasteiger partial charge in [0.1, 0.15) is 11.5 Å². The number of fused-ring (bicyclic) bond motifs is 1. The molecule has 0 aliphatic carbocycles. The topological polar surface area (TPSA) is 51.2 Å². The van der Waals surface area contributed by atoms with Crippen molar-refractivity contribution in [2.24, 2.45) is 0 Å². The summed E-state index contributed by atoms with van der Waals surface area (Å²) in [5.74, 6) is 1.51. The molecule has 0 fully saturated rings. The van der Waals surface area contributed by atoms with Crippen LogP contribution in [0.2, 0.25) is 0 Å². The minimum absolute atomic E-state index is 0.224. The van der Waals surface area contributed by atoms with Crippen molar-refractivity contribution in [1.29, 1.82) is 0 Å². The first kappa shape index (κ1) is 16.1. The van der Waals surface area contributed by atoms with Gasteiger partial charge in [0, 0.05) is 30.8 Å². The number of β-amino-alcohol motifs (C(OH)–C–C–N with tert-alkyl or cyclic N) is 1. The number of benzene rings is 1. The number of ether oxygens (including phenoxy) is 3. The third-order valence-corrected chi connectivity index (χ3v) is 3.72. The third-order valence-electron chi connectivity index (χ3n) is 3.72. The monoisotopic (exact) mass is 295 g/mol. The molecule has 1 aliphatic rings. The summed E-state index contributed by atoms with van der Waals surface area (Å²) < 4.78 is 16.4. The van der Waals surface area contributed by atoms with Crippen LogP contribution in [0, 0.1) is 0 Å². The molecule has 1 heterocycles. The fourth-order valence-electron chi connectivity index (χ4n) is 2.73. The van der Waals surface area contributed by atoms with E-state index in [2.05, 4.69) is 4.90 Å². The molecule has 0 unspecified atom stereocenters. The molecule has 1 aromatic carbocycles. The van der Waals surface area contributed by atoms with Crippen LogP contribution in [-0.2, 0) is 11.3 Å². The van der Waals surface area contributed by atoms with Crippen LogP contribution in [0.5, 0.6) is 11.5 Å². The van der Waals surface area contributed by atoms with Gasteiger partial charge in [-0.25, -0.2) is 0 Å². The van der Waals surface area contributed by atoms with Crippen LogP contribution in [-0.4, -0.2) is 50.0 Å². The molecular formula is C16H25NO4.